The van der Waals surface area contributed by atoms with E-state index < -0.39 is 17.7 Å². The van der Waals surface area contributed by atoms with Crippen molar-refractivity contribution in [1.29, 1.82) is 0 Å². The summed E-state index contributed by atoms with van der Waals surface area (Å²) in [6.07, 6.45) is -0.429. The van der Waals surface area contributed by atoms with Crippen molar-refractivity contribution in [3.8, 4) is 22.7 Å². The van der Waals surface area contributed by atoms with Crippen LogP contribution < -0.4 is 0 Å². The van der Waals surface area contributed by atoms with E-state index in [4.69, 9.17) is 40.9 Å². The second kappa shape index (κ2) is 17.1. The number of ether oxygens (including phenoxy) is 2. The van der Waals surface area contributed by atoms with Gasteiger partial charge >= 0.3 is 12.1 Å². The molecule has 302 valence electrons. The number of carbonyl (C=O) groups is 2. The number of tetrazole rings is 1. The highest BCUT2D eigenvalue weighted by Gasteiger charge is 2.49. The van der Waals surface area contributed by atoms with Crippen molar-refractivity contribution >= 4 is 56.5 Å². The number of aromatic nitrogens is 4. The van der Waals surface area contributed by atoms with Crippen LogP contribution in [0.1, 0.15) is 42.5 Å². The molecular formula is C46H39BrClN6O6+. The number of rotatable bonds is 14. The molecule has 8 rings (SSSR count). The number of halogens is 2. The van der Waals surface area contributed by atoms with E-state index in [0.29, 0.717) is 39.5 Å². The molecule has 0 bridgehead atoms. The fourth-order valence-electron chi connectivity index (χ4n) is 8.08. The van der Waals surface area contributed by atoms with Gasteiger partial charge in [-0.3, -0.25) is 0 Å². The molecule has 0 saturated carbocycles. The molecule has 0 spiro atoms. The van der Waals surface area contributed by atoms with Crippen molar-refractivity contribution < 1.29 is 33.1 Å². The summed E-state index contributed by atoms with van der Waals surface area (Å²) in [5, 5.41) is 25.6. The lowest BCUT2D eigenvalue weighted by atomic mass is 9.77. The van der Waals surface area contributed by atoms with Gasteiger partial charge in [0.2, 0.25) is 16.8 Å². The summed E-state index contributed by atoms with van der Waals surface area (Å²) < 4.78 is 17.2. The highest BCUT2D eigenvalue weighted by molar-refractivity contribution is 9.10. The van der Waals surface area contributed by atoms with Crippen molar-refractivity contribution in [2.24, 2.45) is 4.99 Å². The molecule has 1 N–H and O–H groups in total. The first-order chi connectivity index (χ1) is 29.2. The van der Waals surface area contributed by atoms with Crippen LogP contribution in [0.15, 0.2) is 158 Å². The van der Waals surface area contributed by atoms with E-state index in [1.165, 1.54) is 0 Å². The molecule has 14 heteroatoms. The molecule has 60 heavy (non-hydrogen) atoms. The van der Waals surface area contributed by atoms with E-state index in [0.717, 1.165) is 33.2 Å². The van der Waals surface area contributed by atoms with Gasteiger partial charge in [0.15, 0.2) is 5.54 Å². The minimum absolute atomic E-state index is 0.0698. The van der Waals surface area contributed by atoms with Gasteiger partial charge in [0.05, 0.1) is 11.1 Å². The number of nitrogens with zero attached hydrogens (tertiary/aromatic N) is 6. The van der Waals surface area contributed by atoms with E-state index in [1.807, 2.05) is 104 Å². The standard InChI is InChI=1S/C46H38BrClN6O6/c1-3-38-49-42(48)40(44(55)56)54(38,26-27-59-45(57)58-4-2)29-30-24-25-37-36(28-30)39(47)41(60-37)34-22-14-15-23-35(34)43-50-52-53(51-43)46(31-16-8-5-9-17-31,32-18-10-6-11-19-32)33-20-12-7-13-21-33/h5-25,28H,3-4,26-27,29H2,1-2H3/p+1. The smallest absolute Gasteiger partial charge is 0.474 e. The van der Waals surface area contributed by atoms with Crippen LogP contribution in [0, 0.1) is 0 Å². The van der Waals surface area contributed by atoms with Gasteiger partial charge in [-0.05, 0) is 63.0 Å². The minimum Gasteiger partial charge on any atom is -0.474 e. The molecule has 0 aliphatic carbocycles. The molecular weight excluding hydrogens is 848 g/mol. The van der Waals surface area contributed by atoms with E-state index in [-0.39, 0.29) is 41.6 Å². The zero-order chi connectivity index (χ0) is 41.9. The van der Waals surface area contributed by atoms with Crippen LogP contribution in [0.5, 0.6) is 0 Å². The average molecular weight is 887 g/mol. The maximum Gasteiger partial charge on any atom is 0.508 e. The molecule has 1 aliphatic rings. The summed E-state index contributed by atoms with van der Waals surface area (Å²) in [6, 6.07) is 43.9. The number of furan rings is 1. The topological polar surface area (TPSA) is 142 Å². The largest absolute Gasteiger partial charge is 0.508 e. The van der Waals surface area contributed by atoms with Crippen LogP contribution >= 0.6 is 27.5 Å². The molecule has 0 saturated heterocycles. The highest BCUT2D eigenvalue weighted by Crippen LogP contribution is 2.44. The lowest BCUT2D eigenvalue weighted by molar-refractivity contribution is -0.812. The number of hydrogen-bond donors (Lipinski definition) is 1. The molecule has 7 aromatic rings. The van der Waals surface area contributed by atoms with Gasteiger partial charge in [-0.15, -0.1) is 15.0 Å². The van der Waals surface area contributed by atoms with Gasteiger partial charge in [-0.25, -0.2) is 14.1 Å². The second-order valence-electron chi connectivity index (χ2n) is 14.0. The zero-order valence-electron chi connectivity index (χ0n) is 32.7. The van der Waals surface area contributed by atoms with Gasteiger partial charge in [0.25, 0.3) is 5.70 Å². The van der Waals surface area contributed by atoms with Gasteiger partial charge in [0, 0.05) is 28.5 Å². The Hall–Kier alpha value is -6.41. The predicted molar refractivity (Wildman–Crippen MR) is 231 cm³/mol. The van der Waals surface area contributed by atoms with Crippen molar-refractivity contribution in [2.75, 3.05) is 19.8 Å². The third kappa shape index (κ3) is 7.18. The Labute approximate surface area is 359 Å². The summed E-state index contributed by atoms with van der Waals surface area (Å²) in [5.41, 5.74) is 4.63. The van der Waals surface area contributed by atoms with E-state index in [1.54, 1.807) is 11.7 Å². The minimum atomic E-state index is -1.22. The number of amidine groups is 1. The molecule has 3 heterocycles. The van der Waals surface area contributed by atoms with Crippen LogP contribution in [0.4, 0.5) is 4.79 Å². The Balaban J connectivity index is 1.20. The first-order valence-electron chi connectivity index (χ1n) is 19.4. The Morgan fingerprint density at radius 3 is 2.02 bits per heavy atom. The summed E-state index contributed by atoms with van der Waals surface area (Å²) >= 11 is 10.3. The molecule has 0 amide bonds. The Morgan fingerprint density at radius 2 is 1.43 bits per heavy atom. The van der Waals surface area contributed by atoms with Gasteiger partial charge in [-0.2, -0.15) is 4.99 Å². The van der Waals surface area contributed by atoms with Crippen molar-refractivity contribution in [3.63, 3.8) is 0 Å². The van der Waals surface area contributed by atoms with E-state index in [2.05, 4.69) is 57.3 Å². The van der Waals surface area contributed by atoms with Gasteiger partial charge in [0.1, 0.15) is 31.0 Å². The van der Waals surface area contributed by atoms with Gasteiger partial charge in [-0.1, -0.05) is 134 Å². The van der Waals surface area contributed by atoms with Crippen molar-refractivity contribution in [2.45, 2.75) is 32.4 Å². The summed E-state index contributed by atoms with van der Waals surface area (Å²) in [5.74, 6) is 0.258. The third-order valence-corrected chi connectivity index (χ3v) is 11.7. The quantitative estimate of drug-likeness (QED) is 0.0489. The van der Waals surface area contributed by atoms with Crippen molar-refractivity contribution in [1.82, 2.24) is 20.2 Å². The Bertz CT molecular complexity index is 2660. The van der Waals surface area contributed by atoms with Crippen LogP contribution in [-0.2, 0) is 26.4 Å². The zero-order valence-corrected chi connectivity index (χ0v) is 35.0. The molecule has 5 aromatic carbocycles. The molecule has 1 atom stereocenters. The number of carboxylic acids is 1. The first kappa shape index (κ1) is 40.4. The summed E-state index contributed by atoms with van der Waals surface area (Å²) in [7, 11) is 0. The van der Waals surface area contributed by atoms with Crippen molar-refractivity contribution in [3.05, 3.63) is 171 Å². The molecule has 0 fully saturated rings. The fraction of sp³-hybridized carbons (Fsp3) is 0.174. The Kier molecular flexibility index (Phi) is 11.5. The maximum absolute atomic E-state index is 12.7. The molecule has 1 unspecified atom stereocenters. The summed E-state index contributed by atoms with van der Waals surface area (Å²) in [6.45, 7) is 3.81. The number of carboxylic acid groups (broad SMARTS) is 1. The number of aliphatic imine (C=N–C) groups is 1. The lowest BCUT2D eigenvalue weighted by Gasteiger charge is -2.34. The van der Waals surface area contributed by atoms with Crippen LogP contribution in [0.3, 0.4) is 0 Å². The fourth-order valence-corrected chi connectivity index (χ4v) is 9.02. The molecule has 12 nitrogen and oxygen atoms in total. The molecule has 0 radical (unpaired) electrons. The number of quaternary nitrogens is 1. The number of aliphatic carboxylic acids is 1. The molecule has 1 aliphatic heterocycles. The van der Waals surface area contributed by atoms with Gasteiger partial charge < -0.3 is 19.0 Å². The van der Waals surface area contributed by atoms with Crippen LogP contribution in [0.2, 0.25) is 0 Å². The summed E-state index contributed by atoms with van der Waals surface area (Å²) in [4.78, 5) is 31.0. The van der Waals surface area contributed by atoms with Crippen LogP contribution in [0.25, 0.3) is 33.7 Å². The Morgan fingerprint density at radius 1 is 0.833 bits per heavy atom. The SMILES string of the molecule is CCOC(=O)OCC[N+]1(Cc2ccc3oc(-c4ccccc4-c4nnn(C(c5ccccc5)(c5ccccc5)c5ccccc5)n4)c(Br)c3c2)C(CC)=NC(Cl)=C1C(=O)O. The highest BCUT2D eigenvalue weighted by atomic mass is 79.9. The number of carbonyl (C=O) groups excluding carboxylic acids is 1. The number of hydrogen-bond acceptors (Lipinski definition) is 9. The normalized spacial score (nSPS) is 15.3. The third-order valence-electron chi connectivity index (χ3n) is 10.7. The second-order valence-corrected chi connectivity index (χ2v) is 15.2. The number of fused-ring (bicyclic) bond motifs is 1. The monoisotopic (exact) mass is 885 g/mol. The average Bonchev–Trinajstić information content (AvgIpc) is 3.96. The predicted octanol–water partition coefficient (Wildman–Crippen LogP) is 10.2. The lowest BCUT2D eigenvalue weighted by Crippen LogP contribution is -2.53. The first-order valence-corrected chi connectivity index (χ1v) is 20.5. The maximum atomic E-state index is 12.7. The number of benzene rings is 5. The van der Waals surface area contributed by atoms with E-state index >= 15 is 0 Å². The van der Waals surface area contributed by atoms with E-state index in [9.17, 15) is 14.7 Å². The molecule has 2 aromatic heterocycles. The van der Waals surface area contributed by atoms with Crippen LogP contribution in [-0.4, -0.2) is 67.5 Å².